The van der Waals surface area contributed by atoms with Gasteiger partial charge < -0.3 is 4.74 Å². The molecular weight excluding hydrogens is 308 g/mol. The van der Waals surface area contributed by atoms with Gasteiger partial charge in [0.2, 0.25) is 0 Å². The van der Waals surface area contributed by atoms with Crippen molar-refractivity contribution >= 4 is 21.4 Å². The number of hydrogen-bond donors (Lipinski definition) is 0. The van der Waals surface area contributed by atoms with E-state index in [-0.39, 0.29) is 0 Å². The van der Waals surface area contributed by atoms with Gasteiger partial charge in [0.05, 0.1) is 10.6 Å². The Morgan fingerprint density at radius 3 is 2.00 bits per heavy atom. The van der Waals surface area contributed by atoms with Crippen LogP contribution in [0.25, 0.3) is 0 Å². The van der Waals surface area contributed by atoms with E-state index in [1.54, 1.807) is 31.2 Å². The maximum atomic E-state index is 11.5. The number of alkyl halides is 1. The van der Waals surface area contributed by atoms with Gasteiger partial charge in [-0.3, -0.25) is 0 Å². The van der Waals surface area contributed by atoms with Crippen LogP contribution in [0.1, 0.15) is 17.9 Å². The molecule has 0 bridgehead atoms. The average Bonchev–Trinajstić information content (AvgIpc) is 2.46. The van der Waals surface area contributed by atoms with Crippen molar-refractivity contribution in [3.63, 3.8) is 0 Å². The van der Waals surface area contributed by atoms with Crippen molar-refractivity contribution < 1.29 is 13.2 Å². The van der Waals surface area contributed by atoms with E-state index in [9.17, 15) is 8.42 Å². The van der Waals surface area contributed by atoms with Crippen LogP contribution in [0.15, 0.2) is 54.6 Å². The van der Waals surface area contributed by atoms with Crippen molar-refractivity contribution in [2.45, 2.75) is 17.6 Å². The van der Waals surface area contributed by atoms with Crippen LogP contribution in [-0.4, -0.2) is 19.9 Å². The van der Waals surface area contributed by atoms with Gasteiger partial charge in [-0.1, -0.05) is 30.3 Å². The molecule has 2 aromatic carbocycles. The lowest BCUT2D eigenvalue weighted by atomic mass is 10.1. The van der Waals surface area contributed by atoms with Crippen LogP contribution >= 0.6 is 11.6 Å². The second-order valence-electron chi connectivity index (χ2n) is 4.92. The largest absolute Gasteiger partial charge is 0.457 e. The number of para-hydroxylation sites is 1. The third-order valence-electron chi connectivity index (χ3n) is 3.26. The number of sulfone groups is 1. The molecule has 112 valence electrons. The van der Waals surface area contributed by atoms with Crippen molar-refractivity contribution in [3.05, 3.63) is 60.2 Å². The molecule has 2 unspecified atom stereocenters. The second kappa shape index (κ2) is 6.50. The molecular formula is C16H17ClO3S. The number of hydrogen-bond acceptors (Lipinski definition) is 3. The lowest BCUT2D eigenvalue weighted by Gasteiger charge is -2.17. The first-order chi connectivity index (χ1) is 9.88. The summed E-state index contributed by atoms with van der Waals surface area (Å²) in [5.74, 6) is 1.43. The topological polar surface area (TPSA) is 43.4 Å². The van der Waals surface area contributed by atoms with Gasteiger partial charge in [0.1, 0.15) is 11.5 Å². The first-order valence-electron chi connectivity index (χ1n) is 6.54. The lowest BCUT2D eigenvalue weighted by molar-refractivity contribution is 0.482. The molecule has 5 heteroatoms. The van der Waals surface area contributed by atoms with Crippen LogP contribution in [0.5, 0.6) is 11.5 Å². The van der Waals surface area contributed by atoms with Gasteiger partial charge in [-0.25, -0.2) is 8.42 Å². The van der Waals surface area contributed by atoms with E-state index in [0.29, 0.717) is 5.75 Å². The summed E-state index contributed by atoms with van der Waals surface area (Å²) in [7, 11) is -3.17. The summed E-state index contributed by atoms with van der Waals surface area (Å²) in [6, 6.07) is 16.6. The standard InChI is InChI=1S/C16H17ClO3S/c1-12(21(2,18)19)16(17)13-8-10-15(11-9-13)20-14-6-4-3-5-7-14/h3-12,16H,1-2H3. The maximum absolute atomic E-state index is 11.5. The van der Waals surface area contributed by atoms with Crippen LogP contribution in [0.4, 0.5) is 0 Å². The minimum atomic E-state index is -3.17. The van der Waals surface area contributed by atoms with E-state index in [1.165, 1.54) is 6.26 Å². The van der Waals surface area contributed by atoms with Crippen molar-refractivity contribution in [2.24, 2.45) is 0 Å². The predicted molar refractivity (Wildman–Crippen MR) is 85.9 cm³/mol. The molecule has 0 radical (unpaired) electrons. The highest BCUT2D eigenvalue weighted by atomic mass is 35.5. The zero-order valence-electron chi connectivity index (χ0n) is 11.9. The summed E-state index contributed by atoms with van der Waals surface area (Å²) in [6.07, 6.45) is 1.19. The van der Waals surface area contributed by atoms with Crippen molar-refractivity contribution in [2.75, 3.05) is 6.26 Å². The van der Waals surface area contributed by atoms with Crippen LogP contribution < -0.4 is 4.74 Å². The molecule has 21 heavy (non-hydrogen) atoms. The van der Waals surface area contributed by atoms with Gasteiger partial charge >= 0.3 is 0 Å². The minimum absolute atomic E-state index is 0.578. The van der Waals surface area contributed by atoms with Crippen molar-refractivity contribution in [3.8, 4) is 11.5 Å². The monoisotopic (exact) mass is 324 g/mol. The molecule has 2 atom stereocenters. The minimum Gasteiger partial charge on any atom is -0.457 e. The maximum Gasteiger partial charge on any atom is 0.151 e. The number of benzene rings is 2. The Morgan fingerprint density at radius 1 is 0.952 bits per heavy atom. The third-order valence-corrected chi connectivity index (χ3v) is 5.67. The Hall–Kier alpha value is -1.52. The van der Waals surface area contributed by atoms with E-state index in [4.69, 9.17) is 16.3 Å². The Bertz CT molecular complexity index is 681. The van der Waals surface area contributed by atoms with Crippen LogP contribution in [0.3, 0.4) is 0 Å². The highest BCUT2D eigenvalue weighted by Crippen LogP contribution is 2.30. The molecule has 0 fully saturated rings. The number of ether oxygens (including phenoxy) is 1. The zero-order valence-corrected chi connectivity index (χ0v) is 13.4. The Kier molecular flexibility index (Phi) is 4.91. The van der Waals surface area contributed by atoms with Crippen LogP contribution in [0.2, 0.25) is 0 Å². The van der Waals surface area contributed by atoms with Crippen molar-refractivity contribution in [1.82, 2.24) is 0 Å². The molecule has 0 amide bonds. The fourth-order valence-electron chi connectivity index (χ4n) is 1.83. The first-order valence-corrected chi connectivity index (χ1v) is 8.93. The number of halogens is 1. The molecule has 0 aromatic heterocycles. The Balaban J connectivity index is 2.12. The van der Waals surface area contributed by atoms with E-state index >= 15 is 0 Å². The molecule has 2 rings (SSSR count). The van der Waals surface area contributed by atoms with Gasteiger partial charge in [-0.05, 0) is 36.8 Å². The van der Waals surface area contributed by atoms with Gasteiger partial charge in [-0.2, -0.15) is 0 Å². The number of rotatable bonds is 5. The molecule has 0 spiro atoms. The van der Waals surface area contributed by atoms with Gasteiger partial charge in [0.25, 0.3) is 0 Å². The van der Waals surface area contributed by atoms with Crippen LogP contribution in [0, 0.1) is 0 Å². The molecule has 3 nitrogen and oxygen atoms in total. The average molecular weight is 325 g/mol. The molecule has 0 saturated carbocycles. The molecule has 0 aliphatic heterocycles. The predicted octanol–water partition coefficient (Wildman–Crippen LogP) is 4.19. The lowest BCUT2D eigenvalue weighted by Crippen LogP contribution is -2.21. The summed E-state index contributed by atoms with van der Waals surface area (Å²) in [6.45, 7) is 1.61. The summed E-state index contributed by atoms with van der Waals surface area (Å²) in [5.41, 5.74) is 0.759. The summed E-state index contributed by atoms with van der Waals surface area (Å²) >= 11 is 6.23. The zero-order chi connectivity index (χ0) is 15.5. The fraction of sp³-hybridized carbons (Fsp3) is 0.250. The normalized spacial score (nSPS) is 14.4. The Morgan fingerprint density at radius 2 is 1.48 bits per heavy atom. The van der Waals surface area contributed by atoms with Gasteiger partial charge in [-0.15, -0.1) is 11.6 Å². The summed E-state index contributed by atoms with van der Waals surface area (Å²) < 4.78 is 28.8. The third kappa shape index (κ3) is 4.22. The summed E-state index contributed by atoms with van der Waals surface area (Å²) in [5, 5.41) is -1.22. The molecule has 2 aromatic rings. The van der Waals surface area contributed by atoms with E-state index in [1.807, 2.05) is 30.3 Å². The molecule has 0 N–H and O–H groups in total. The smallest absolute Gasteiger partial charge is 0.151 e. The molecule has 0 aliphatic rings. The van der Waals surface area contributed by atoms with E-state index in [0.717, 1.165) is 11.3 Å². The van der Waals surface area contributed by atoms with E-state index < -0.39 is 20.5 Å². The molecule has 0 saturated heterocycles. The second-order valence-corrected chi connectivity index (χ2v) is 7.79. The molecule has 0 heterocycles. The Labute approximate surface area is 130 Å². The quantitative estimate of drug-likeness (QED) is 0.774. The fourth-order valence-corrected chi connectivity index (χ4v) is 3.13. The summed E-state index contributed by atoms with van der Waals surface area (Å²) in [4.78, 5) is 0. The highest BCUT2D eigenvalue weighted by molar-refractivity contribution is 7.91. The van der Waals surface area contributed by atoms with Crippen molar-refractivity contribution in [1.29, 1.82) is 0 Å². The van der Waals surface area contributed by atoms with Gasteiger partial charge in [0, 0.05) is 6.26 Å². The first kappa shape index (κ1) is 15.9. The molecule has 0 aliphatic carbocycles. The SMILES string of the molecule is CC(C(Cl)c1ccc(Oc2ccccc2)cc1)S(C)(=O)=O. The van der Waals surface area contributed by atoms with Crippen LogP contribution in [-0.2, 0) is 9.84 Å². The highest BCUT2D eigenvalue weighted by Gasteiger charge is 2.25. The van der Waals surface area contributed by atoms with E-state index in [2.05, 4.69) is 0 Å². The van der Waals surface area contributed by atoms with Gasteiger partial charge in [0.15, 0.2) is 9.84 Å².